The Kier molecular flexibility index (Phi) is 4.58. The lowest BCUT2D eigenvalue weighted by atomic mass is 10.1. The van der Waals surface area contributed by atoms with Crippen LogP contribution in [0.2, 0.25) is 0 Å². The van der Waals surface area contributed by atoms with Gasteiger partial charge in [0.15, 0.2) is 0 Å². The first kappa shape index (κ1) is 16.1. The summed E-state index contributed by atoms with van der Waals surface area (Å²) < 4.78 is 22.8. The Morgan fingerprint density at radius 2 is 2.00 bits per heavy atom. The van der Waals surface area contributed by atoms with Gasteiger partial charge in [0.25, 0.3) is 5.91 Å². The summed E-state index contributed by atoms with van der Waals surface area (Å²) in [6.07, 6.45) is 1.64. The Labute approximate surface area is 129 Å². The van der Waals surface area contributed by atoms with Gasteiger partial charge in [0.1, 0.15) is 0 Å². The number of sulfonamides is 1. The zero-order chi connectivity index (χ0) is 16.3. The standard InChI is InChI=1S/C15H17N3O3S/c1-10-6-7-12(22(16,20)21)9-13(10)15(19)18-11(2)14-5-3-4-8-17-14/h3-9,11H,1-2H3,(H,18,19)(H2,16,20,21)/t11-/m1/s1. The number of carbonyl (C=O) groups excluding carboxylic acids is 1. The molecule has 1 amide bonds. The smallest absolute Gasteiger partial charge is 0.252 e. The Morgan fingerprint density at radius 1 is 1.27 bits per heavy atom. The van der Waals surface area contributed by atoms with E-state index in [2.05, 4.69) is 10.3 Å². The Hall–Kier alpha value is -2.25. The largest absolute Gasteiger partial charge is 0.344 e. The minimum atomic E-state index is -3.85. The molecule has 3 N–H and O–H groups in total. The summed E-state index contributed by atoms with van der Waals surface area (Å²) in [6, 6.07) is 9.34. The molecule has 1 aromatic heterocycles. The van der Waals surface area contributed by atoms with Gasteiger partial charge in [-0.2, -0.15) is 0 Å². The van der Waals surface area contributed by atoms with E-state index in [1.807, 2.05) is 6.07 Å². The highest BCUT2D eigenvalue weighted by atomic mass is 32.2. The second-order valence-corrected chi connectivity index (χ2v) is 6.53. The average Bonchev–Trinajstić information content (AvgIpc) is 2.47. The van der Waals surface area contributed by atoms with Crippen molar-refractivity contribution in [2.24, 2.45) is 5.14 Å². The molecule has 0 fully saturated rings. The molecule has 6 nitrogen and oxygen atoms in total. The van der Waals surface area contributed by atoms with Crippen LogP contribution in [0.3, 0.4) is 0 Å². The third-order valence-electron chi connectivity index (χ3n) is 3.26. The van der Waals surface area contributed by atoms with Gasteiger partial charge in [0.05, 0.1) is 16.6 Å². The van der Waals surface area contributed by atoms with E-state index in [1.165, 1.54) is 12.1 Å². The molecule has 1 aromatic carbocycles. The molecular formula is C15H17N3O3S. The molecule has 1 heterocycles. The van der Waals surface area contributed by atoms with Crippen LogP contribution in [0.4, 0.5) is 0 Å². The number of pyridine rings is 1. The molecular weight excluding hydrogens is 302 g/mol. The first-order valence-corrected chi connectivity index (χ1v) is 8.19. The normalized spacial score (nSPS) is 12.7. The predicted octanol–water partition coefficient (Wildman–Crippen LogP) is 1.53. The van der Waals surface area contributed by atoms with Crippen molar-refractivity contribution in [2.75, 3.05) is 0 Å². The fourth-order valence-corrected chi connectivity index (χ4v) is 2.54. The second kappa shape index (κ2) is 6.25. The predicted molar refractivity (Wildman–Crippen MR) is 82.7 cm³/mol. The molecule has 2 rings (SSSR count). The highest BCUT2D eigenvalue weighted by Gasteiger charge is 2.17. The van der Waals surface area contributed by atoms with Crippen LogP contribution in [0, 0.1) is 6.92 Å². The molecule has 116 valence electrons. The molecule has 0 bridgehead atoms. The quantitative estimate of drug-likeness (QED) is 0.892. The van der Waals surface area contributed by atoms with Gasteiger partial charge < -0.3 is 5.32 Å². The van der Waals surface area contributed by atoms with Gasteiger partial charge in [-0.3, -0.25) is 9.78 Å². The van der Waals surface area contributed by atoms with Crippen molar-refractivity contribution in [1.82, 2.24) is 10.3 Å². The summed E-state index contributed by atoms with van der Waals surface area (Å²) in [5.41, 5.74) is 1.66. The number of nitrogens with two attached hydrogens (primary N) is 1. The van der Waals surface area contributed by atoms with Crippen LogP contribution in [0.1, 0.15) is 34.6 Å². The summed E-state index contributed by atoms with van der Waals surface area (Å²) in [7, 11) is -3.85. The molecule has 0 saturated heterocycles. The number of amides is 1. The zero-order valence-corrected chi connectivity index (χ0v) is 13.1. The summed E-state index contributed by atoms with van der Waals surface area (Å²) in [6.45, 7) is 3.53. The van der Waals surface area contributed by atoms with Crippen LogP contribution in [-0.4, -0.2) is 19.3 Å². The average molecular weight is 319 g/mol. The molecule has 1 atom stereocenters. The van der Waals surface area contributed by atoms with Gasteiger partial charge in [-0.1, -0.05) is 12.1 Å². The first-order chi connectivity index (χ1) is 10.3. The van der Waals surface area contributed by atoms with Gasteiger partial charge in [-0.15, -0.1) is 0 Å². The van der Waals surface area contributed by atoms with E-state index in [-0.39, 0.29) is 22.4 Å². The van der Waals surface area contributed by atoms with Crippen LogP contribution in [0.25, 0.3) is 0 Å². The lowest BCUT2D eigenvalue weighted by molar-refractivity contribution is 0.0938. The molecule has 22 heavy (non-hydrogen) atoms. The van der Waals surface area contributed by atoms with E-state index in [9.17, 15) is 13.2 Å². The molecule has 7 heteroatoms. The molecule has 0 spiro atoms. The molecule has 0 saturated carbocycles. The maximum atomic E-state index is 12.4. The van der Waals surface area contributed by atoms with Gasteiger partial charge >= 0.3 is 0 Å². The molecule has 2 aromatic rings. The molecule has 0 unspecified atom stereocenters. The number of rotatable bonds is 4. The van der Waals surface area contributed by atoms with E-state index in [1.54, 1.807) is 38.2 Å². The monoisotopic (exact) mass is 319 g/mol. The number of nitrogens with zero attached hydrogens (tertiary/aromatic N) is 1. The Bertz CT molecular complexity index is 789. The molecule has 0 radical (unpaired) electrons. The highest BCUT2D eigenvalue weighted by Crippen LogP contribution is 2.16. The lowest BCUT2D eigenvalue weighted by Crippen LogP contribution is -2.28. The molecule has 0 aliphatic heterocycles. The zero-order valence-electron chi connectivity index (χ0n) is 12.3. The number of aryl methyl sites for hydroxylation is 1. The first-order valence-electron chi connectivity index (χ1n) is 6.64. The minimum absolute atomic E-state index is 0.0891. The fraction of sp³-hybridized carbons (Fsp3) is 0.200. The lowest BCUT2D eigenvalue weighted by Gasteiger charge is -2.15. The number of nitrogens with one attached hydrogen (secondary N) is 1. The van der Waals surface area contributed by atoms with Crippen molar-refractivity contribution in [2.45, 2.75) is 24.8 Å². The van der Waals surface area contributed by atoms with E-state index in [0.29, 0.717) is 5.56 Å². The number of aromatic nitrogens is 1. The third-order valence-corrected chi connectivity index (χ3v) is 4.17. The topological polar surface area (TPSA) is 102 Å². The van der Waals surface area contributed by atoms with Gasteiger partial charge in [0.2, 0.25) is 10.0 Å². The SMILES string of the molecule is Cc1ccc(S(N)(=O)=O)cc1C(=O)N[C@H](C)c1ccccn1. The highest BCUT2D eigenvalue weighted by molar-refractivity contribution is 7.89. The van der Waals surface area contributed by atoms with Crippen molar-refractivity contribution in [3.05, 3.63) is 59.4 Å². The molecule has 0 aliphatic carbocycles. The van der Waals surface area contributed by atoms with Crippen LogP contribution in [0.15, 0.2) is 47.5 Å². The fourth-order valence-electron chi connectivity index (χ4n) is 2.00. The number of benzene rings is 1. The molecule has 0 aliphatic rings. The number of hydrogen-bond donors (Lipinski definition) is 2. The number of primary sulfonamides is 1. The van der Waals surface area contributed by atoms with Crippen LogP contribution in [0.5, 0.6) is 0 Å². The summed E-state index contributed by atoms with van der Waals surface area (Å²) in [5, 5.41) is 7.89. The van der Waals surface area contributed by atoms with Crippen molar-refractivity contribution in [3.63, 3.8) is 0 Å². The number of hydrogen-bond acceptors (Lipinski definition) is 4. The van der Waals surface area contributed by atoms with E-state index >= 15 is 0 Å². The minimum Gasteiger partial charge on any atom is -0.344 e. The van der Waals surface area contributed by atoms with Crippen LogP contribution >= 0.6 is 0 Å². The van der Waals surface area contributed by atoms with Gasteiger partial charge in [-0.25, -0.2) is 13.6 Å². The maximum Gasteiger partial charge on any atom is 0.252 e. The number of carbonyl (C=O) groups is 1. The second-order valence-electron chi connectivity index (χ2n) is 4.97. The summed E-state index contributed by atoms with van der Waals surface area (Å²) in [4.78, 5) is 16.4. The van der Waals surface area contributed by atoms with Crippen LogP contribution < -0.4 is 10.5 Å². The summed E-state index contributed by atoms with van der Waals surface area (Å²) >= 11 is 0. The summed E-state index contributed by atoms with van der Waals surface area (Å²) in [5.74, 6) is -0.374. The van der Waals surface area contributed by atoms with Gasteiger partial charge in [0, 0.05) is 11.8 Å². The van der Waals surface area contributed by atoms with Crippen molar-refractivity contribution in [1.29, 1.82) is 0 Å². The van der Waals surface area contributed by atoms with Crippen molar-refractivity contribution >= 4 is 15.9 Å². The van der Waals surface area contributed by atoms with Crippen molar-refractivity contribution < 1.29 is 13.2 Å². The van der Waals surface area contributed by atoms with E-state index in [0.717, 1.165) is 5.69 Å². The third kappa shape index (κ3) is 3.69. The van der Waals surface area contributed by atoms with Gasteiger partial charge in [-0.05, 0) is 43.7 Å². The van der Waals surface area contributed by atoms with E-state index < -0.39 is 10.0 Å². The Balaban J connectivity index is 2.26. The van der Waals surface area contributed by atoms with Crippen LogP contribution in [-0.2, 0) is 10.0 Å². The Morgan fingerprint density at radius 3 is 2.59 bits per heavy atom. The maximum absolute atomic E-state index is 12.4. The van der Waals surface area contributed by atoms with E-state index in [4.69, 9.17) is 5.14 Å². The van der Waals surface area contributed by atoms with Crippen molar-refractivity contribution in [3.8, 4) is 0 Å².